The number of aryl methyl sites for hydroxylation is 2. The first kappa shape index (κ1) is 23.0. The second-order valence-electron chi connectivity index (χ2n) is 10.1. The molecule has 1 fully saturated rings. The van der Waals surface area contributed by atoms with Crippen molar-refractivity contribution < 1.29 is 9.84 Å². The minimum atomic E-state index is 0.0465. The van der Waals surface area contributed by atoms with Crippen molar-refractivity contribution >= 4 is 23.1 Å². The summed E-state index contributed by atoms with van der Waals surface area (Å²) >= 11 is 0. The predicted octanol–water partition coefficient (Wildman–Crippen LogP) is 3.62. The number of aliphatic hydroxyl groups excluding tert-OH is 1. The molecule has 1 aliphatic heterocycles. The molecule has 0 saturated heterocycles. The number of aromatic nitrogens is 6. The minimum absolute atomic E-state index is 0.0465. The van der Waals surface area contributed by atoms with Gasteiger partial charge in [0.15, 0.2) is 0 Å². The lowest BCUT2D eigenvalue weighted by atomic mass is 9.81. The molecule has 0 spiro atoms. The highest BCUT2D eigenvalue weighted by Crippen LogP contribution is 2.37. The lowest BCUT2D eigenvalue weighted by molar-refractivity contribution is 0.0474. The van der Waals surface area contributed by atoms with Crippen molar-refractivity contribution in [2.45, 2.75) is 45.4 Å². The fourth-order valence-electron chi connectivity index (χ4n) is 5.43. The standard InChI is InChI=1S/C27H33N7O2/c1-17-20-8-10-24-21-13-19(7-9-23(21)29-30-24)22-14-28-33(3)27(22)36-26(18-5-4-6-18)16-32(2)15-25(20)34(31-17)11-12-35/h7-10,13-14,18,26,35H,4-6,11-12,15-16H2,1-3H3,(H,29,30)/b10-8+. The molecule has 9 nitrogen and oxygen atoms in total. The first-order valence-electron chi connectivity index (χ1n) is 12.7. The molecule has 6 rings (SSSR count). The number of nitrogens with one attached hydrogen (secondary N) is 1. The molecule has 3 aromatic heterocycles. The van der Waals surface area contributed by atoms with Crippen molar-refractivity contribution in [2.75, 3.05) is 20.2 Å². The number of likely N-dealkylation sites (N-methyl/N-ethyl adjacent to an activating group) is 1. The third-order valence-corrected chi connectivity index (χ3v) is 7.64. The number of rotatable bonds is 3. The molecule has 36 heavy (non-hydrogen) atoms. The number of benzene rings is 1. The van der Waals surface area contributed by atoms with Crippen LogP contribution in [0.3, 0.4) is 0 Å². The Morgan fingerprint density at radius 2 is 2.06 bits per heavy atom. The summed E-state index contributed by atoms with van der Waals surface area (Å²) in [4.78, 5) is 2.31. The summed E-state index contributed by atoms with van der Waals surface area (Å²) in [7, 11) is 4.08. The number of ether oxygens (including phenoxy) is 1. The van der Waals surface area contributed by atoms with Crippen LogP contribution >= 0.6 is 0 Å². The monoisotopic (exact) mass is 487 g/mol. The van der Waals surface area contributed by atoms with E-state index in [1.807, 2.05) is 29.5 Å². The van der Waals surface area contributed by atoms with Gasteiger partial charge in [0.1, 0.15) is 6.10 Å². The maximum atomic E-state index is 9.67. The molecule has 0 amide bonds. The second-order valence-corrected chi connectivity index (χ2v) is 10.1. The first-order chi connectivity index (χ1) is 17.5. The zero-order valence-electron chi connectivity index (χ0n) is 21.1. The molecule has 188 valence electrons. The van der Waals surface area contributed by atoms with Gasteiger partial charge in [-0.05, 0) is 62.6 Å². The summed E-state index contributed by atoms with van der Waals surface area (Å²) in [6.45, 7) is 4.03. The average Bonchev–Trinajstić information content (AvgIpc) is 3.47. The van der Waals surface area contributed by atoms with E-state index in [1.165, 1.54) is 19.3 Å². The number of aliphatic hydroxyl groups is 1. The highest BCUT2D eigenvalue weighted by molar-refractivity contribution is 5.93. The maximum Gasteiger partial charge on any atom is 0.219 e. The molecular weight excluding hydrogens is 454 g/mol. The van der Waals surface area contributed by atoms with E-state index in [2.05, 4.69) is 57.6 Å². The van der Waals surface area contributed by atoms with Crippen LogP contribution in [0.4, 0.5) is 0 Å². The molecule has 2 N–H and O–H groups in total. The largest absolute Gasteiger partial charge is 0.472 e. The van der Waals surface area contributed by atoms with E-state index in [0.717, 1.165) is 57.1 Å². The smallest absolute Gasteiger partial charge is 0.219 e. The van der Waals surface area contributed by atoms with Gasteiger partial charge in [0.05, 0.1) is 47.5 Å². The number of fused-ring (bicyclic) bond motifs is 4. The maximum absolute atomic E-state index is 9.67. The van der Waals surface area contributed by atoms with E-state index in [4.69, 9.17) is 9.84 Å². The Labute approximate surface area is 210 Å². The molecule has 1 atom stereocenters. The lowest BCUT2D eigenvalue weighted by Crippen LogP contribution is -2.41. The zero-order chi connectivity index (χ0) is 24.8. The topological polar surface area (TPSA) is 97.0 Å². The molecular formula is C27H33N7O2. The van der Waals surface area contributed by atoms with Gasteiger partial charge in [-0.3, -0.25) is 14.7 Å². The average molecular weight is 488 g/mol. The van der Waals surface area contributed by atoms with E-state index in [0.29, 0.717) is 19.0 Å². The number of hydrogen-bond acceptors (Lipinski definition) is 6. The van der Waals surface area contributed by atoms with Crippen LogP contribution < -0.4 is 4.74 Å². The van der Waals surface area contributed by atoms with Crippen molar-refractivity contribution in [3.05, 3.63) is 47.0 Å². The van der Waals surface area contributed by atoms with Crippen LogP contribution in [-0.4, -0.2) is 66.1 Å². The third-order valence-electron chi connectivity index (χ3n) is 7.64. The van der Waals surface area contributed by atoms with Crippen molar-refractivity contribution in [3.8, 4) is 17.0 Å². The van der Waals surface area contributed by atoms with Gasteiger partial charge in [-0.15, -0.1) is 0 Å². The Bertz CT molecular complexity index is 1430. The Morgan fingerprint density at radius 1 is 1.19 bits per heavy atom. The van der Waals surface area contributed by atoms with E-state index in [-0.39, 0.29) is 12.7 Å². The van der Waals surface area contributed by atoms with Gasteiger partial charge in [-0.25, -0.2) is 4.68 Å². The summed E-state index contributed by atoms with van der Waals surface area (Å²) < 4.78 is 10.6. The Kier molecular flexibility index (Phi) is 5.89. The third kappa shape index (κ3) is 4.02. The predicted molar refractivity (Wildman–Crippen MR) is 139 cm³/mol. The SMILES string of the molecule is Cc1nn(CCO)c2c1/C=C/c1n[nH]c3ccc(cc13)-c1cnn(C)c1OC(C1CCC1)CN(C)C2. The highest BCUT2D eigenvalue weighted by Gasteiger charge is 2.32. The fourth-order valence-corrected chi connectivity index (χ4v) is 5.43. The summed E-state index contributed by atoms with van der Waals surface area (Å²) in [6, 6.07) is 6.33. The first-order valence-corrected chi connectivity index (χ1v) is 12.7. The van der Waals surface area contributed by atoms with Crippen LogP contribution in [-0.2, 0) is 20.1 Å². The van der Waals surface area contributed by atoms with Crippen LogP contribution in [0.1, 0.15) is 41.9 Å². The molecule has 1 aromatic carbocycles. The van der Waals surface area contributed by atoms with Gasteiger partial charge < -0.3 is 9.84 Å². The summed E-state index contributed by atoms with van der Waals surface area (Å²) in [5.74, 6) is 1.33. The second kappa shape index (κ2) is 9.22. The minimum Gasteiger partial charge on any atom is -0.472 e. The van der Waals surface area contributed by atoms with E-state index in [1.54, 1.807) is 0 Å². The number of aromatic amines is 1. The molecule has 4 aromatic rings. The van der Waals surface area contributed by atoms with Crippen molar-refractivity contribution in [1.29, 1.82) is 0 Å². The Hall–Kier alpha value is -3.43. The molecule has 2 bridgehead atoms. The molecule has 1 unspecified atom stereocenters. The molecule has 1 aliphatic carbocycles. The number of nitrogens with zero attached hydrogens (tertiary/aromatic N) is 6. The van der Waals surface area contributed by atoms with Crippen LogP contribution in [0, 0.1) is 12.8 Å². The zero-order valence-corrected chi connectivity index (χ0v) is 21.1. The molecule has 1 saturated carbocycles. The summed E-state index contributed by atoms with van der Waals surface area (Å²) in [6.07, 6.45) is 9.74. The summed E-state index contributed by atoms with van der Waals surface area (Å²) in [5.41, 5.74) is 7.01. The van der Waals surface area contributed by atoms with E-state index in [9.17, 15) is 5.11 Å². The molecule has 4 heterocycles. The van der Waals surface area contributed by atoms with Gasteiger partial charge in [-0.2, -0.15) is 15.3 Å². The molecule has 9 heteroatoms. The quantitative estimate of drug-likeness (QED) is 0.458. The number of H-pyrrole nitrogens is 1. The van der Waals surface area contributed by atoms with Gasteiger partial charge in [-0.1, -0.05) is 12.5 Å². The van der Waals surface area contributed by atoms with Crippen molar-refractivity contribution in [1.82, 2.24) is 34.7 Å². The number of hydrogen-bond donors (Lipinski definition) is 2. The summed E-state index contributed by atoms with van der Waals surface area (Å²) in [5, 5.41) is 27.8. The van der Waals surface area contributed by atoms with Gasteiger partial charge in [0, 0.05) is 31.1 Å². The van der Waals surface area contributed by atoms with Crippen molar-refractivity contribution in [3.63, 3.8) is 0 Å². The van der Waals surface area contributed by atoms with Crippen LogP contribution in [0.5, 0.6) is 5.88 Å². The van der Waals surface area contributed by atoms with Crippen LogP contribution in [0.15, 0.2) is 24.4 Å². The lowest BCUT2D eigenvalue weighted by Gasteiger charge is -2.36. The van der Waals surface area contributed by atoms with Crippen LogP contribution in [0.2, 0.25) is 0 Å². The van der Waals surface area contributed by atoms with Gasteiger partial charge in [0.25, 0.3) is 0 Å². The van der Waals surface area contributed by atoms with E-state index >= 15 is 0 Å². The normalized spacial score (nSPS) is 19.8. The Morgan fingerprint density at radius 3 is 2.83 bits per heavy atom. The molecule has 0 radical (unpaired) electrons. The highest BCUT2D eigenvalue weighted by atomic mass is 16.5. The molecule has 2 aliphatic rings. The fraction of sp³-hybridized carbons (Fsp3) is 0.444. The van der Waals surface area contributed by atoms with E-state index < -0.39 is 0 Å². The van der Waals surface area contributed by atoms with Gasteiger partial charge in [0.2, 0.25) is 5.88 Å². The van der Waals surface area contributed by atoms with Gasteiger partial charge >= 0.3 is 0 Å². The van der Waals surface area contributed by atoms with Crippen LogP contribution in [0.25, 0.3) is 34.2 Å². The van der Waals surface area contributed by atoms with Crippen molar-refractivity contribution in [2.24, 2.45) is 13.0 Å². The Balaban J connectivity index is 1.51.